The number of nitrogens with one attached hydrogen (secondary N) is 3. The smallest absolute Gasteiger partial charge is 0.321 e. The molecule has 2 heterocycles. The third kappa shape index (κ3) is 3.13. The molecule has 8 heteroatoms. The summed E-state index contributed by atoms with van der Waals surface area (Å²) < 4.78 is 0. The highest BCUT2D eigenvalue weighted by atomic mass is 32.1. The summed E-state index contributed by atoms with van der Waals surface area (Å²) in [6.07, 6.45) is 7.14. The topological polar surface area (TPSA) is 95.6 Å². The van der Waals surface area contributed by atoms with E-state index in [1.54, 1.807) is 12.5 Å². The fraction of sp³-hybridized carbons (Fsp3) is 0.500. The molecule has 0 saturated heterocycles. The summed E-state index contributed by atoms with van der Waals surface area (Å²) in [5.41, 5.74) is 0. The molecule has 0 radical (unpaired) electrons. The molecule has 3 rings (SSSR count). The van der Waals surface area contributed by atoms with E-state index < -0.39 is 0 Å². The number of carbonyl (C=O) groups excluding carboxylic acids is 1. The summed E-state index contributed by atoms with van der Waals surface area (Å²) in [5, 5.41) is 15.0. The molecule has 1 fully saturated rings. The van der Waals surface area contributed by atoms with E-state index in [-0.39, 0.29) is 12.1 Å². The third-order valence-corrected chi connectivity index (χ3v) is 4.22. The third-order valence-electron chi connectivity index (χ3n) is 3.54. The van der Waals surface area contributed by atoms with Crippen molar-refractivity contribution in [2.45, 2.75) is 37.6 Å². The van der Waals surface area contributed by atoms with Crippen LogP contribution in [-0.2, 0) is 0 Å². The van der Waals surface area contributed by atoms with E-state index in [9.17, 15) is 4.79 Å². The molecule has 0 atom stereocenters. The molecule has 20 heavy (non-hydrogen) atoms. The molecule has 1 saturated carbocycles. The second kappa shape index (κ2) is 6.00. The van der Waals surface area contributed by atoms with Crippen LogP contribution in [0.4, 0.5) is 9.93 Å². The maximum Gasteiger partial charge on any atom is 0.321 e. The van der Waals surface area contributed by atoms with E-state index in [1.807, 2.05) is 5.38 Å². The number of nitrogens with zero attached hydrogens (tertiary/aromatic N) is 3. The quantitative estimate of drug-likeness (QED) is 0.807. The van der Waals surface area contributed by atoms with Crippen LogP contribution in [0.15, 0.2) is 17.9 Å². The molecule has 7 nitrogen and oxygen atoms in total. The van der Waals surface area contributed by atoms with Crippen molar-refractivity contribution in [2.24, 2.45) is 0 Å². The van der Waals surface area contributed by atoms with Gasteiger partial charge in [0.15, 0.2) is 5.13 Å². The van der Waals surface area contributed by atoms with E-state index >= 15 is 0 Å². The van der Waals surface area contributed by atoms with Crippen LogP contribution in [0.25, 0.3) is 0 Å². The molecular weight excluding hydrogens is 276 g/mol. The predicted octanol–water partition coefficient (Wildman–Crippen LogP) is 2.11. The van der Waals surface area contributed by atoms with Crippen molar-refractivity contribution in [1.82, 2.24) is 25.5 Å². The lowest BCUT2D eigenvalue weighted by Gasteiger charge is -2.27. The van der Waals surface area contributed by atoms with Gasteiger partial charge in [-0.15, -0.1) is 11.3 Å². The van der Waals surface area contributed by atoms with E-state index in [0.29, 0.717) is 11.0 Å². The maximum absolute atomic E-state index is 11.8. The second-order valence-corrected chi connectivity index (χ2v) is 5.75. The van der Waals surface area contributed by atoms with Crippen LogP contribution in [0.1, 0.15) is 37.4 Å². The molecule has 1 aliphatic carbocycles. The Hall–Kier alpha value is -1.96. The van der Waals surface area contributed by atoms with E-state index in [2.05, 4.69) is 30.8 Å². The van der Waals surface area contributed by atoms with Gasteiger partial charge in [-0.25, -0.2) is 14.8 Å². The van der Waals surface area contributed by atoms with Gasteiger partial charge in [-0.3, -0.25) is 10.4 Å². The van der Waals surface area contributed by atoms with Crippen molar-refractivity contribution >= 4 is 22.5 Å². The number of H-pyrrole nitrogens is 1. The van der Waals surface area contributed by atoms with Gasteiger partial charge in [0.2, 0.25) is 0 Å². The molecular formula is C12H16N6OS. The van der Waals surface area contributed by atoms with Gasteiger partial charge >= 0.3 is 6.03 Å². The number of amides is 2. The van der Waals surface area contributed by atoms with E-state index in [0.717, 1.165) is 31.5 Å². The van der Waals surface area contributed by atoms with Gasteiger partial charge in [-0.2, -0.15) is 5.10 Å². The Morgan fingerprint density at radius 1 is 1.30 bits per heavy atom. The number of urea groups is 1. The van der Waals surface area contributed by atoms with Crippen molar-refractivity contribution in [3.05, 3.63) is 23.7 Å². The molecule has 0 unspecified atom stereocenters. The lowest BCUT2D eigenvalue weighted by Crippen LogP contribution is -2.40. The SMILES string of the molecule is O=C(Nc1nccs1)NC1CCC(c2ncn[nH]2)CC1. The van der Waals surface area contributed by atoms with Gasteiger partial charge < -0.3 is 5.32 Å². The first kappa shape index (κ1) is 13.0. The number of rotatable bonds is 3. The van der Waals surface area contributed by atoms with Crippen molar-refractivity contribution in [2.75, 3.05) is 5.32 Å². The number of hydrogen-bond acceptors (Lipinski definition) is 5. The zero-order chi connectivity index (χ0) is 13.8. The minimum atomic E-state index is -0.178. The molecule has 2 aromatic rings. The van der Waals surface area contributed by atoms with Gasteiger partial charge in [0.1, 0.15) is 12.2 Å². The lowest BCUT2D eigenvalue weighted by molar-refractivity contribution is 0.242. The van der Waals surface area contributed by atoms with Gasteiger partial charge in [-0.05, 0) is 25.7 Å². The van der Waals surface area contributed by atoms with Crippen LogP contribution in [0, 0.1) is 0 Å². The zero-order valence-corrected chi connectivity index (χ0v) is 11.7. The van der Waals surface area contributed by atoms with Gasteiger partial charge in [0.25, 0.3) is 0 Å². The molecule has 106 valence electrons. The van der Waals surface area contributed by atoms with Gasteiger partial charge in [-0.1, -0.05) is 0 Å². The fourth-order valence-electron chi connectivity index (χ4n) is 2.53. The second-order valence-electron chi connectivity index (χ2n) is 4.85. The summed E-state index contributed by atoms with van der Waals surface area (Å²) in [6.45, 7) is 0. The summed E-state index contributed by atoms with van der Waals surface area (Å²) in [5.74, 6) is 1.38. The van der Waals surface area contributed by atoms with Crippen LogP contribution in [0.3, 0.4) is 0 Å². The normalized spacial score (nSPS) is 22.4. The first-order chi connectivity index (χ1) is 9.81. The number of thiazole rings is 1. The molecule has 0 aromatic carbocycles. The number of carbonyl (C=O) groups is 1. The zero-order valence-electron chi connectivity index (χ0n) is 10.9. The average Bonchev–Trinajstić information content (AvgIpc) is 3.12. The average molecular weight is 292 g/mol. The van der Waals surface area contributed by atoms with Gasteiger partial charge in [0, 0.05) is 23.5 Å². The van der Waals surface area contributed by atoms with Crippen molar-refractivity contribution in [3.63, 3.8) is 0 Å². The summed E-state index contributed by atoms with van der Waals surface area (Å²) >= 11 is 1.41. The van der Waals surface area contributed by atoms with E-state index in [1.165, 1.54) is 11.3 Å². The monoisotopic (exact) mass is 292 g/mol. The largest absolute Gasteiger partial charge is 0.335 e. The highest BCUT2D eigenvalue weighted by molar-refractivity contribution is 7.13. The molecule has 1 aliphatic rings. The summed E-state index contributed by atoms with van der Waals surface area (Å²) in [7, 11) is 0. The fourth-order valence-corrected chi connectivity index (χ4v) is 3.05. The summed E-state index contributed by atoms with van der Waals surface area (Å²) in [4.78, 5) is 20.0. The minimum absolute atomic E-state index is 0.178. The Morgan fingerprint density at radius 3 is 2.80 bits per heavy atom. The number of aromatic nitrogens is 4. The summed E-state index contributed by atoms with van der Waals surface area (Å²) in [6, 6.07) is 0.0391. The van der Waals surface area contributed by atoms with E-state index in [4.69, 9.17) is 0 Å². The van der Waals surface area contributed by atoms with Crippen LogP contribution in [0.2, 0.25) is 0 Å². The first-order valence-electron chi connectivity index (χ1n) is 6.63. The van der Waals surface area contributed by atoms with Crippen LogP contribution < -0.4 is 10.6 Å². The standard InChI is InChI=1S/C12H16N6OS/c19-11(17-12-13-5-6-20-12)16-9-3-1-8(2-4-9)10-14-7-15-18-10/h5-9H,1-4H2,(H,14,15,18)(H2,13,16,17,19). The van der Waals surface area contributed by atoms with Crippen molar-refractivity contribution in [3.8, 4) is 0 Å². The number of anilines is 1. The first-order valence-corrected chi connectivity index (χ1v) is 7.51. The van der Waals surface area contributed by atoms with Crippen molar-refractivity contribution < 1.29 is 4.79 Å². The maximum atomic E-state index is 11.8. The molecule has 2 aromatic heterocycles. The molecule has 0 aliphatic heterocycles. The Bertz CT molecular complexity index is 532. The Morgan fingerprint density at radius 2 is 2.15 bits per heavy atom. The van der Waals surface area contributed by atoms with Crippen LogP contribution >= 0.6 is 11.3 Å². The van der Waals surface area contributed by atoms with Gasteiger partial charge in [0.05, 0.1) is 0 Å². The highest BCUT2D eigenvalue weighted by Gasteiger charge is 2.25. The molecule has 3 N–H and O–H groups in total. The number of hydrogen-bond donors (Lipinski definition) is 3. The lowest BCUT2D eigenvalue weighted by atomic mass is 9.85. The Balaban J connectivity index is 1.45. The molecule has 2 amide bonds. The number of aromatic amines is 1. The molecule has 0 spiro atoms. The van der Waals surface area contributed by atoms with Crippen molar-refractivity contribution in [1.29, 1.82) is 0 Å². The van der Waals surface area contributed by atoms with Crippen LogP contribution in [-0.4, -0.2) is 32.2 Å². The Kier molecular flexibility index (Phi) is 3.91. The highest BCUT2D eigenvalue weighted by Crippen LogP contribution is 2.30. The van der Waals surface area contributed by atoms with Crippen LogP contribution in [0.5, 0.6) is 0 Å². The Labute approximate surface area is 120 Å². The minimum Gasteiger partial charge on any atom is -0.335 e. The predicted molar refractivity (Wildman–Crippen MR) is 75.6 cm³/mol. The molecule has 0 bridgehead atoms.